The van der Waals surface area contributed by atoms with Crippen molar-refractivity contribution in [3.63, 3.8) is 0 Å². The summed E-state index contributed by atoms with van der Waals surface area (Å²) in [6, 6.07) is 8.64. The van der Waals surface area contributed by atoms with Crippen molar-refractivity contribution < 1.29 is 9.18 Å². The molecule has 1 fully saturated rings. The van der Waals surface area contributed by atoms with E-state index in [9.17, 15) is 9.18 Å². The normalized spacial score (nSPS) is 14.5. The van der Waals surface area contributed by atoms with Crippen LogP contribution in [0.1, 0.15) is 18.4 Å². The van der Waals surface area contributed by atoms with Gasteiger partial charge in [0.1, 0.15) is 22.4 Å². The smallest absolute Gasteiger partial charge is 0.240 e. The van der Waals surface area contributed by atoms with Crippen LogP contribution in [-0.2, 0) is 18.4 Å². The molecule has 1 amide bonds. The van der Waals surface area contributed by atoms with E-state index >= 15 is 0 Å². The number of H-pyrrole nitrogens is 1. The number of fused-ring (bicyclic) bond motifs is 3. The molecule has 9 heteroatoms. The molecule has 0 unspecified atom stereocenters. The Hall–Kier alpha value is -3.93. The number of benzene rings is 1. The molecule has 8 nitrogen and oxygen atoms in total. The standard InChI is InChI=1S/C22H20FN7O/c1-25-20-17-18(30(2)11-27-17)15-8-16(28-19(15)29-20)13-5-12(6-14(23)7-13)9-26-21(31)22(10-24)3-4-22/h5-8,11H,3-4,9H2,1-2H3,(H,26,31)(H2,25,28,29). The number of halogens is 1. The summed E-state index contributed by atoms with van der Waals surface area (Å²) in [6.45, 7) is 0.154. The van der Waals surface area contributed by atoms with Gasteiger partial charge in [0.25, 0.3) is 0 Å². The van der Waals surface area contributed by atoms with Gasteiger partial charge in [0.2, 0.25) is 5.91 Å². The predicted octanol–water partition coefficient (Wildman–Crippen LogP) is 3.22. The van der Waals surface area contributed by atoms with Crippen molar-refractivity contribution in [2.75, 3.05) is 12.4 Å². The average Bonchev–Trinajstić information content (AvgIpc) is 3.31. The van der Waals surface area contributed by atoms with E-state index in [1.54, 1.807) is 13.4 Å². The molecule has 0 radical (unpaired) electrons. The molecule has 1 aliphatic rings. The lowest BCUT2D eigenvalue weighted by Crippen LogP contribution is -2.30. The number of anilines is 1. The predicted molar refractivity (Wildman–Crippen MR) is 114 cm³/mol. The SMILES string of the molecule is CNc1nc2[nH]c(-c3cc(F)cc(CNC(=O)C4(C#N)CC4)c3)cc2c2c1ncn2C. The van der Waals surface area contributed by atoms with Crippen LogP contribution in [-0.4, -0.2) is 32.5 Å². The minimum atomic E-state index is -0.904. The third-order valence-corrected chi connectivity index (χ3v) is 5.79. The highest BCUT2D eigenvalue weighted by Gasteiger charge is 2.50. The molecule has 5 rings (SSSR count). The maximum absolute atomic E-state index is 14.4. The summed E-state index contributed by atoms with van der Waals surface area (Å²) in [5.41, 5.74) is 3.41. The Morgan fingerprint density at radius 1 is 1.35 bits per heavy atom. The first-order valence-corrected chi connectivity index (χ1v) is 9.95. The van der Waals surface area contributed by atoms with Crippen LogP contribution in [0.2, 0.25) is 0 Å². The molecule has 1 saturated carbocycles. The van der Waals surface area contributed by atoms with E-state index < -0.39 is 11.2 Å². The van der Waals surface area contributed by atoms with Crippen molar-refractivity contribution >= 4 is 33.8 Å². The molecular weight excluding hydrogens is 397 g/mol. The molecule has 4 aromatic rings. The Kier molecular flexibility index (Phi) is 4.18. The number of pyridine rings is 1. The van der Waals surface area contributed by atoms with Crippen molar-refractivity contribution in [3.8, 4) is 17.3 Å². The summed E-state index contributed by atoms with van der Waals surface area (Å²) in [5.74, 6) is -0.0455. The fourth-order valence-electron chi connectivity index (χ4n) is 3.90. The van der Waals surface area contributed by atoms with Gasteiger partial charge in [-0.25, -0.2) is 14.4 Å². The Morgan fingerprint density at radius 3 is 2.87 bits per heavy atom. The van der Waals surface area contributed by atoms with Gasteiger partial charge < -0.3 is 20.2 Å². The lowest BCUT2D eigenvalue weighted by atomic mass is 10.1. The number of nitriles is 1. The van der Waals surface area contributed by atoms with E-state index in [1.165, 1.54) is 12.1 Å². The minimum Gasteiger partial charge on any atom is -0.371 e. The third-order valence-electron chi connectivity index (χ3n) is 5.79. The lowest BCUT2D eigenvalue weighted by Gasteiger charge is -2.09. The fourth-order valence-corrected chi connectivity index (χ4v) is 3.90. The number of imidazole rings is 1. The van der Waals surface area contributed by atoms with E-state index in [1.807, 2.05) is 23.7 Å². The quantitative estimate of drug-likeness (QED) is 0.462. The number of nitrogens with one attached hydrogen (secondary N) is 3. The Labute approximate surface area is 177 Å². The van der Waals surface area contributed by atoms with Gasteiger partial charge in [0, 0.05) is 37.3 Å². The summed E-state index contributed by atoms with van der Waals surface area (Å²) < 4.78 is 16.3. The second-order valence-corrected chi connectivity index (χ2v) is 7.93. The van der Waals surface area contributed by atoms with Crippen LogP contribution in [0.25, 0.3) is 33.3 Å². The number of carbonyl (C=O) groups excluding carboxylic acids is 1. The van der Waals surface area contributed by atoms with Crippen LogP contribution in [0.3, 0.4) is 0 Å². The molecule has 0 saturated heterocycles. The minimum absolute atomic E-state index is 0.154. The maximum Gasteiger partial charge on any atom is 0.240 e. The number of nitrogens with zero attached hydrogens (tertiary/aromatic N) is 4. The van der Waals surface area contributed by atoms with Crippen molar-refractivity contribution in [3.05, 3.63) is 42.0 Å². The van der Waals surface area contributed by atoms with E-state index in [0.29, 0.717) is 41.1 Å². The Bertz CT molecular complexity index is 1390. The van der Waals surface area contributed by atoms with Crippen molar-refractivity contribution in [1.82, 2.24) is 24.8 Å². The van der Waals surface area contributed by atoms with Crippen molar-refractivity contribution in [2.45, 2.75) is 19.4 Å². The summed E-state index contributed by atoms with van der Waals surface area (Å²) in [4.78, 5) is 24.5. The highest BCUT2D eigenvalue weighted by Crippen LogP contribution is 2.45. The summed E-state index contributed by atoms with van der Waals surface area (Å²) in [6.07, 6.45) is 2.88. The van der Waals surface area contributed by atoms with Gasteiger partial charge in [-0.05, 0) is 42.7 Å². The number of hydrogen-bond acceptors (Lipinski definition) is 5. The van der Waals surface area contributed by atoms with Gasteiger partial charge in [-0.2, -0.15) is 5.26 Å². The van der Waals surface area contributed by atoms with Gasteiger partial charge in [-0.3, -0.25) is 4.79 Å². The van der Waals surface area contributed by atoms with Crippen LogP contribution in [0.4, 0.5) is 10.2 Å². The summed E-state index contributed by atoms with van der Waals surface area (Å²) in [5, 5.41) is 15.9. The van der Waals surface area contributed by atoms with Gasteiger partial charge in [0.05, 0.1) is 17.9 Å². The van der Waals surface area contributed by atoms with Crippen molar-refractivity contribution in [1.29, 1.82) is 5.26 Å². The number of carbonyl (C=O) groups is 1. The Balaban J connectivity index is 1.51. The van der Waals surface area contributed by atoms with Crippen LogP contribution in [0.15, 0.2) is 30.6 Å². The molecule has 3 aromatic heterocycles. The summed E-state index contributed by atoms with van der Waals surface area (Å²) in [7, 11) is 3.70. The van der Waals surface area contributed by atoms with Crippen LogP contribution in [0, 0.1) is 22.6 Å². The highest BCUT2D eigenvalue weighted by atomic mass is 19.1. The second kappa shape index (κ2) is 6.80. The maximum atomic E-state index is 14.4. The van der Waals surface area contributed by atoms with Gasteiger partial charge >= 0.3 is 0 Å². The van der Waals surface area contributed by atoms with Crippen LogP contribution < -0.4 is 10.6 Å². The van der Waals surface area contributed by atoms with Crippen molar-refractivity contribution in [2.24, 2.45) is 12.5 Å². The fraction of sp³-hybridized carbons (Fsp3) is 0.273. The topological polar surface area (TPSA) is 111 Å². The van der Waals surface area contributed by atoms with Gasteiger partial charge in [-0.1, -0.05) is 0 Å². The zero-order valence-electron chi connectivity index (χ0n) is 17.1. The lowest BCUT2D eigenvalue weighted by molar-refractivity contribution is -0.124. The first kappa shape index (κ1) is 19.1. The molecular formula is C22H20FN7O. The van der Waals surface area contributed by atoms with E-state index in [4.69, 9.17) is 5.26 Å². The molecule has 0 atom stereocenters. The number of amides is 1. The molecule has 31 heavy (non-hydrogen) atoms. The highest BCUT2D eigenvalue weighted by molar-refractivity contribution is 6.07. The zero-order valence-corrected chi connectivity index (χ0v) is 17.1. The molecule has 1 aromatic carbocycles. The largest absolute Gasteiger partial charge is 0.371 e. The first-order chi connectivity index (χ1) is 14.9. The monoisotopic (exact) mass is 417 g/mol. The van der Waals surface area contributed by atoms with Crippen LogP contribution >= 0.6 is 0 Å². The molecule has 0 aliphatic heterocycles. The van der Waals surface area contributed by atoms with Gasteiger partial charge in [0.15, 0.2) is 5.82 Å². The number of hydrogen-bond donors (Lipinski definition) is 3. The second-order valence-electron chi connectivity index (χ2n) is 7.93. The van der Waals surface area contributed by atoms with E-state index in [2.05, 4.69) is 31.7 Å². The molecule has 3 N–H and O–H groups in total. The zero-order chi connectivity index (χ0) is 21.8. The number of aryl methyl sites for hydroxylation is 1. The number of aromatic nitrogens is 4. The first-order valence-electron chi connectivity index (χ1n) is 9.95. The third kappa shape index (κ3) is 3.08. The molecule has 0 spiro atoms. The van der Waals surface area contributed by atoms with E-state index in [0.717, 1.165) is 16.4 Å². The molecule has 1 aliphatic carbocycles. The van der Waals surface area contributed by atoms with Gasteiger partial charge in [-0.15, -0.1) is 0 Å². The number of rotatable bonds is 5. The average molecular weight is 417 g/mol. The molecule has 3 heterocycles. The van der Waals surface area contributed by atoms with E-state index in [-0.39, 0.29) is 12.5 Å². The Morgan fingerprint density at radius 2 is 2.16 bits per heavy atom. The number of aromatic amines is 1. The molecule has 0 bridgehead atoms. The molecule has 156 valence electrons. The van der Waals surface area contributed by atoms with Crippen LogP contribution in [0.5, 0.6) is 0 Å². The summed E-state index contributed by atoms with van der Waals surface area (Å²) >= 11 is 0.